The van der Waals surface area contributed by atoms with Gasteiger partial charge in [-0.3, -0.25) is 9.59 Å². The number of halogens is 4. The Labute approximate surface area is 216 Å². The van der Waals surface area contributed by atoms with Crippen LogP contribution in [0.4, 0.5) is 8.78 Å². The molecule has 1 heterocycles. The van der Waals surface area contributed by atoms with Crippen LogP contribution in [0.15, 0.2) is 40.9 Å². The zero-order valence-corrected chi connectivity index (χ0v) is 22.2. The van der Waals surface area contributed by atoms with Crippen LogP contribution in [0.25, 0.3) is 10.9 Å². The van der Waals surface area contributed by atoms with Crippen LogP contribution in [0, 0.1) is 18.6 Å². The van der Waals surface area contributed by atoms with Crippen LogP contribution in [0.2, 0.25) is 5.15 Å². The summed E-state index contributed by atoms with van der Waals surface area (Å²) in [6.07, 6.45) is 0.0109. The molecule has 1 unspecified atom stereocenters. The van der Waals surface area contributed by atoms with E-state index in [0.717, 1.165) is 16.6 Å². The Bertz CT molecular complexity index is 1260. The Morgan fingerprint density at radius 2 is 1.83 bits per heavy atom. The van der Waals surface area contributed by atoms with Crippen molar-refractivity contribution in [2.75, 3.05) is 6.54 Å². The van der Waals surface area contributed by atoms with Gasteiger partial charge in [-0.05, 0) is 70.0 Å². The second kappa shape index (κ2) is 11.0. The molecule has 1 N–H and O–H groups in total. The smallest absolute Gasteiger partial charge is 0.306 e. The van der Waals surface area contributed by atoms with Gasteiger partial charge < -0.3 is 10.1 Å². The first-order valence-corrected chi connectivity index (χ1v) is 12.2. The summed E-state index contributed by atoms with van der Waals surface area (Å²) in [6, 6.07) is 8.86. The molecule has 0 aliphatic carbocycles. The van der Waals surface area contributed by atoms with Gasteiger partial charge in [0.15, 0.2) is 0 Å². The van der Waals surface area contributed by atoms with E-state index in [1.807, 2.05) is 0 Å². The van der Waals surface area contributed by atoms with Crippen LogP contribution < -0.4 is 5.32 Å². The number of esters is 1. The first-order chi connectivity index (χ1) is 16.4. The van der Waals surface area contributed by atoms with Crippen LogP contribution in [-0.4, -0.2) is 29.0 Å². The molecule has 1 aromatic heterocycles. The van der Waals surface area contributed by atoms with Crippen molar-refractivity contribution in [2.45, 2.75) is 52.1 Å². The van der Waals surface area contributed by atoms with Crippen molar-refractivity contribution in [1.82, 2.24) is 10.3 Å². The quantitative estimate of drug-likeness (QED) is 0.250. The minimum atomic E-state index is -0.803. The number of pyridine rings is 1. The van der Waals surface area contributed by atoms with Gasteiger partial charge in [-0.1, -0.05) is 33.6 Å². The van der Waals surface area contributed by atoms with Crippen molar-refractivity contribution in [3.8, 4) is 0 Å². The minimum Gasteiger partial charge on any atom is -0.460 e. The first kappa shape index (κ1) is 27.0. The molecule has 0 saturated carbocycles. The molecule has 5 nitrogen and oxygen atoms in total. The van der Waals surface area contributed by atoms with Gasteiger partial charge in [-0.15, -0.1) is 0 Å². The maximum absolute atomic E-state index is 14.6. The van der Waals surface area contributed by atoms with E-state index >= 15 is 0 Å². The molecule has 0 saturated heterocycles. The van der Waals surface area contributed by atoms with Crippen LogP contribution in [0.1, 0.15) is 61.0 Å². The summed E-state index contributed by atoms with van der Waals surface area (Å²) in [5.74, 6) is -3.24. The number of fused-ring (bicyclic) bond motifs is 1. The van der Waals surface area contributed by atoms with Gasteiger partial charge in [0.2, 0.25) is 0 Å². The SMILES string of the molecule is Cc1c(Cl)nc2ccc(Br)cc2c1C(=O)NCC(CCC(=O)OC(C)(C)C)c1c(F)cccc1F. The van der Waals surface area contributed by atoms with E-state index in [-0.39, 0.29) is 30.1 Å². The number of amides is 1. The molecule has 1 amide bonds. The number of carbonyl (C=O) groups is 2. The van der Waals surface area contributed by atoms with Gasteiger partial charge in [-0.25, -0.2) is 13.8 Å². The van der Waals surface area contributed by atoms with Crippen molar-refractivity contribution in [3.63, 3.8) is 0 Å². The molecule has 0 radical (unpaired) electrons. The maximum atomic E-state index is 14.6. The predicted molar refractivity (Wildman–Crippen MR) is 136 cm³/mol. The third-order valence-electron chi connectivity index (χ3n) is 5.39. The molecule has 3 rings (SSSR count). The number of hydrogen-bond donors (Lipinski definition) is 1. The third kappa shape index (κ3) is 6.76. The molecule has 0 fully saturated rings. The molecule has 9 heteroatoms. The number of carbonyl (C=O) groups excluding carboxylic acids is 2. The lowest BCUT2D eigenvalue weighted by molar-refractivity contribution is -0.155. The molecule has 0 aliphatic rings. The summed E-state index contributed by atoms with van der Waals surface area (Å²) < 4.78 is 35.3. The van der Waals surface area contributed by atoms with E-state index in [4.69, 9.17) is 16.3 Å². The lowest BCUT2D eigenvalue weighted by Crippen LogP contribution is -2.31. The summed E-state index contributed by atoms with van der Waals surface area (Å²) in [6.45, 7) is 6.80. The lowest BCUT2D eigenvalue weighted by Gasteiger charge is -2.22. The van der Waals surface area contributed by atoms with Crippen molar-refractivity contribution in [1.29, 1.82) is 0 Å². The van der Waals surface area contributed by atoms with Crippen LogP contribution in [-0.2, 0) is 9.53 Å². The van der Waals surface area contributed by atoms with Crippen LogP contribution in [0.5, 0.6) is 0 Å². The van der Waals surface area contributed by atoms with Crippen molar-refractivity contribution >= 4 is 50.3 Å². The Morgan fingerprint density at radius 3 is 2.46 bits per heavy atom. The Balaban J connectivity index is 1.89. The number of hydrogen-bond acceptors (Lipinski definition) is 4. The molecule has 2 aromatic carbocycles. The summed E-state index contributed by atoms with van der Waals surface area (Å²) in [5.41, 5.74) is 0.472. The standard InChI is InChI=1S/C26H26BrClF2N2O3/c1-14-22(17-12-16(27)9-10-20(17)32-24(14)28)25(34)31-13-15(8-11-21(33)35-26(2,3)4)23-18(29)6-5-7-19(23)30/h5-7,9-10,12,15H,8,11,13H2,1-4H3,(H,31,34). The van der Waals surface area contributed by atoms with E-state index in [2.05, 4.69) is 26.2 Å². The monoisotopic (exact) mass is 566 g/mol. The predicted octanol–water partition coefficient (Wildman–Crippen LogP) is 6.87. The number of aromatic nitrogens is 1. The average Bonchev–Trinajstić information content (AvgIpc) is 2.74. The van der Waals surface area contributed by atoms with Gasteiger partial charge in [-0.2, -0.15) is 0 Å². The highest BCUT2D eigenvalue weighted by molar-refractivity contribution is 9.10. The highest BCUT2D eigenvalue weighted by atomic mass is 79.9. The Kier molecular flexibility index (Phi) is 8.49. The Morgan fingerprint density at radius 1 is 1.17 bits per heavy atom. The molecule has 186 valence electrons. The van der Waals surface area contributed by atoms with Crippen LogP contribution in [0.3, 0.4) is 0 Å². The maximum Gasteiger partial charge on any atom is 0.306 e. The second-order valence-corrected chi connectivity index (χ2v) is 10.5. The topological polar surface area (TPSA) is 68.3 Å². The van der Waals surface area contributed by atoms with Crippen molar-refractivity contribution in [2.24, 2.45) is 0 Å². The highest BCUT2D eigenvalue weighted by Crippen LogP contribution is 2.30. The van der Waals surface area contributed by atoms with Gasteiger partial charge in [0.05, 0.1) is 11.1 Å². The third-order valence-corrected chi connectivity index (χ3v) is 6.25. The molecule has 35 heavy (non-hydrogen) atoms. The Hall–Kier alpha value is -2.58. The van der Waals surface area contributed by atoms with Gasteiger partial charge in [0.1, 0.15) is 22.4 Å². The minimum absolute atomic E-state index is 0.0679. The summed E-state index contributed by atoms with van der Waals surface area (Å²) in [5, 5.41) is 3.55. The van der Waals surface area contributed by atoms with Crippen LogP contribution >= 0.6 is 27.5 Å². The molecule has 1 atom stereocenters. The number of nitrogens with one attached hydrogen (secondary N) is 1. The highest BCUT2D eigenvalue weighted by Gasteiger charge is 2.25. The first-order valence-electron chi connectivity index (χ1n) is 11.1. The average molecular weight is 568 g/mol. The summed E-state index contributed by atoms with van der Waals surface area (Å²) in [4.78, 5) is 29.9. The van der Waals surface area contributed by atoms with E-state index in [0.29, 0.717) is 22.0 Å². The molecule has 0 bridgehead atoms. The van der Waals surface area contributed by atoms with Crippen molar-refractivity contribution in [3.05, 3.63) is 74.3 Å². The fraction of sp³-hybridized carbons (Fsp3) is 0.346. The second-order valence-electron chi connectivity index (χ2n) is 9.23. The summed E-state index contributed by atoms with van der Waals surface area (Å²) >= 11 is 9.66. The number of benzene rings is 2. The lowest BCUT2D eigenvalue weighted by atomic mass is 9.92. The van der Waals surface area contributed by atoms with Gasteiger partial charge in [0, 0.05) is 34.3 Å². The summed E-state index contributed by atoms with van der Waals surface area (Å²) in [7, 11) is 0. The normalized spacial score (nSPS) is 12.5. The number of rotatable bonds is 7. The van der Waals surface area contributed by atoms with Gasteiger partial charge in [0.25, 0.3) is 5.91 Å². The molecular formula is C26H26BrClF2N2O3. The van der Waals surface area contributed by atoms with E-state index in [9.17, 15) is 18.4 Å². The zero-order valence-electron chi connectivity index (χ0n) is 19.8. The molecule has 3 aromatic rings. The van der Waals surface area contributed by atoms with E-state index < -0.39 is 35.0 Å². The molecule has 0 aliphatic heterocycles. The van der Waals surface area contributed by atoms with Crippen molar-refractivity contribution < 1.29 is 23.1 Å². The number of ether oxygens (including phenoxy) is 1. The molecule has 0 spiro atoms. The van der Waals surface area contributed by atoms with E-state index in [1.54, 1.807) is 45.9 Å². The molecular weight excluding hydrogens is 542 g/mol. The largest absolute Gasteiger partial charge is 0.460 e. The van der Waals surface area contributed by atoms with E-state index in [1.165, 1.54) is 6.07 Å². The van der Waals surface area contributed by atoms with Gasteiger partial charge >= 0.3 is 5.97 Å². The fourth-order valence-electron chi connectivity index (χ4n) is 3.83. The fourth-order valence-corrected chi connectivity index (χ4v) is 4.38. The zero-order chi connectivity index (χ0) is 25.9. The number of nitrogens with zero attached hydrogens (tertiary/aromatic N) is 1.